The molecule has 1 heterocycles. The van der Waals surface area contributed by atoms with Crippen LogP contribution in [-0.4, -0.2) is 40.5 Å². The highest BCUT2D eigenvalue weighted by Gasteiger charge is 2.39. The van der Waals surface area contributed by atoms with Gasteiger partial charge >= 0.3 is 0 Å². The van der Waals surface area contributed by atoms with E-state index in [-0.39, 0.29) is 29.2 Å². The molecule has 1 aliphatic rings. The van der Waals surface area contributed by atoms with Crippen LogP contribution in [0.4, 0.5) is 5.69 Å². The molecule has 1 aliphatic heterocycles. The molecule has 5 N–H and O–H groups in total. The van der Waals surface area contributed by atoms with Crippen LogP contribution >= 0.6 is 11.6 Å². The van der Waals surface area contributed by atoms with Crippen molar-refractivity contribution >= 4 is 29.1 Å². The average Bonchev–Trinajstić information content (AvgIpc) is 2.71. The van der Waals surface area contributed by atoms with E-state index in [1.54, 1.807) is 12.1 Å². The Kier molecular flexibility index (Phi) is 3.64. The lowest BCUT2D eigenvalue weighted by Crippen LogP contribution is -2.44. The van der Waals surface area contributed by atoms with E-state index in [9.17, 15) is 14.7 Å². The Balaban J connectivity index is 2.36. The molecule has 2 rings (SSSR count). The SMILES string of the molecule is NC(=O)C1CC(O)CN1C(=O)c1c(N)cccc1Cl. The molecule has 0 saturated carbocycles. The molecule has 0 bridgehead atoms. The van der Waals surface area contributed by atoms with Crippen molar-refractivity contribution in [1.82, 2.24) is 4.90 Å². The van der Waals surface area contributed by atoms with Crippen LogP contribution in [0.25, 0.3) is 0 Å². The largest absolute Gasteiger partial charge is 0.398 e. The van der Waals surface area contributed by atoms with Gasteiger partial charge < -0.3 is 21.5 Å². The summed E-state index contributed by atoms with van der Waals surface area (Å²) in [6.07, 6.45) is -0.643. The van der Waals surface area contributed by atoms with E-state index in [1.165, 1.54) is 11.0 Å². The lowest BCUT2D eigenvalue weighted by Gasteiger charge is -2.23. The molecule has 102 valence electrons. The molecule has 19 heavy (non-hydrogen) atoms. The number of carbonyl (C=O) groups is 2. The number of aliphatic hydroxyl groups excluding tert-OH is 1. The van der Waals surface area contributed by atoms with Gasteiger partial charge in [0, 0.05) is 18.7 Å². The summed E-state index contributed by atoms with van der Waals surface area (Å²) in [6, 6.07) is 3.87. The van der Waals surface area contributed by atoms with Crippen LogP contribution in [0.3, 0.4) is 0 Å². The second-order valence-electron chi connectivity index (χ2n) is 4.47. The van der Waals surface area contributed by atoms with Crippen LogP contribution in [-0.2, 0) is 4.79 Å². The van der Waals surface area contributed by atoms with Crippen molar-refractivity contribution in [2.24, 2.45) is 5.73 Å². The van der Waals surface area contributed by atoms with Crippen molar-refractivity contribution in [3.8, 4) is 0 Å². The molecule has 1 aromatic rings. The number of anilines is 1. The van der Waals surface area contributed by atoms with Gasteiger partial charge in [-0.2, -0.15) is 0 Å². The quantitative estimate of drug-likeness (QED) is 0.663. The van der Waals surface area contributed by atoms with Crippen LogP contribution < -0.4 is 11.5 Å². The highest BCUT2D eigenvalue weighted by atomic mass is 35.5. The summed E-state index contributed by atoms with van der Waals surface area (Å²) in [6.45, 7) is 0.0388. The van der Waals surface area contributed by atoms with Gasteiger partial charge in [-0.15, -0.1) is 0 Å². The topological polar surface area (TPSA) is 110 Å². The van der Waals surface area contributed by atoms with Gasteiger partial charge in [-0.25, -0.2) is 0 Å². The number of nitrogens with two attached hydrogens (primary N) is 2. The maximum absolute atomic E-state index is 12.4. The van der Waals surface area contributed by atoms with E-state index in [0.717, 1.165) is 0 Å². The van der Waals surface area contributed by atoms with Crippen LogP contribution in [0.1, 0.15) is 16.8 Å². The van der Waals surface area contributed by atoms with Crippen LogP contribution in [0.15, 0.2) is 18.2 Å². The third-order valence-electron chi connectivity index (χ3n) is 3.13. The minimum absolute atomic E-state index is 0.0388. The lowest BCUT2D eigenvalue weighted by atomic mass is 10.1. The Morgan fingerprint density at radius 2 is 2.11 bits per heavy atom. The van der Waals surface area contributed by atoms with Gasteiger partial charge in [-0.1, -0.05) is 17.7 Å². The number of aliphatic hydroxyl groups is 1. The van der Waals surface area contributed by atoms with Crippen LogP contribution in [0, 0.1) is 0 Å². The van der Waals surface area contributed by atoms with Crippen LogP contribution in [0.5, 0.6) is 0 Å². The van der Waals surface area contributed by atoms with E-state index >= 15 is 0 Å². The number of rotatable bonds is 2. The van der Waals surface area contributed by atoms with Gasteiger partial charge in [0.1, 0.15) is 6.04 Å². The standard InChI is InChI=1S/C12H14ClN3O3/c13-7-2-1-3-8(14)10(7)12(19)16-5-6(17)4-9(16)11(15)18/h1-3,6,9,17H,4-5,14H2,(H2,15,18). The maximum Gasteiger partial charge on any atom is 0.258 e. The first kappa shape index (κ1) is 13.6. The summed E-state index contributed by atoms with van der Waals surface area (Å²) in [5.74, 6) is -1.15. The Hall–Kier alpha value is -1.79. The molecule has 2 unspecified atom stereocenters. The van der Waals surface area contributed by atoms with Crippen LogP contribution in [0.2, 0.25) is 5.02 Å². The molecular weight excluding hydrogens is 270 g/mol. The zero-order chi connectivity index (χ0) is 14.2. The molecule has 1 fully saturated rings. The van der Waals surface area contributed by atoms with Crippen molar-refractivity contribution < 1.29 is 14.7 Å². The number of hydrogen-bond donors (Lipinski definition) is 3. The molecule has 2 amide bonds. The van der Waals surface area contributed by atoms with Gasteiger partial charge in [-0.05, 0) is 12.1 Å². The number of halogens is 1. The number of carbonyl (C=O) groups excluding carboxylic acids is 2. The number of nitrogens with zero attached hydrogens (tertiary/aromatic N) is 1. The summed E-state index contributed by atoms with van der Waals surface area (Å²) in [7, 11) is 0. The Morgan fingerprint density at radius 3 is 2.68 bits per heavy atom. The van der Waals surface area contributed by atoms with Gasteiger partial charge in [0.05, 0.1) is 16.7 Å². The van der Waals surface area contributed by atoms with Crippen molar-refractivity contribution in [3.63, 3.8) is 0 Å². The zero-order valence-electron chi connectivity index (χ0n) is 10.0. The lowest BCUT2D eigenvalue weighted by molar-refractivity contribution is -0.121. The van der Waals surface area contributed by atoms with Crippen molar-refractivity contribution in [2.75, 3.05) is 12.3 Å². The molecule has 6 nitrogen and oxygen atoms in total. The number of benzene rings is 1. The van der Waals surface area contributed by atoms with E-state index in [1.807, 2.05) is 0 Å². The third kappa shape index (κ3) is 2.50. The first-order chi connectivity index (χ1) is 8.91. The second-order valence-corrected chi connectivity index (χ2v) is 4.88. The third-order valence-corrected chi connectivity index (χ3v) is 3.44. The molecule has 0 aliphatic carbocycles. The fraction of sp³-hybridized carbons (Fsp3) is 0.333. The summed E-state index contributed by atoms with van der Waals surface area (Å²) < 4.78 is 0. The molecule has 7 heteroatoms. The van der Waals surface area contributed by atoms with E-state index in [2.05, 4.69) is 0 Å². The smallest absolute Gasteiger partial charge is 0.258 e. The highest BCUT2D eigenvalue weighted by molar-refractivity contribution is 6.34. The number of nitrogen functional groups attached to an aromatic ring is 1. The number of amides is 2. The van der Waals surface area contributed by atoms with Gasteiger partial charge in [0.2, 0.25) is 5.91 Å². The van der Waals surface area contributed by atoms with Gasteiger partial charge in [0.25, 0.3) is 5.91 Å². The highest BCUT2D eigenvalue weighted by Crippen LogP contribution is 2.27. The van der Waals surface area contributed by atoms with E-state index in [0.29, 0.717) is 0 Å². The Labute approximate surface area is 114 Å². The summed E-state index contributed by atoms with van der Waals surface area (Å²) in [5.41, 5.74) is 11.3. The fourth-order valence-corrected chi connectivity index (χ4v) is 2.48. The summed E-state index contributed by atoms with van der Waals surface area (Å²) in [4.78, 5) is 24.9. The van der Waals surface area contributed by atoms with Crippen molar-refractivity contribution in [2.45, 2.75) is 18.6 Å². The number of hydrogen-bond acceptors (Lipinski definition) is 4. The average molecular weight is 284 g/mol. The predicted molar refractivity (Wildman–Crippen MR) is 70.5 cm³/mol. The molecule has 0 spiro atoms. The Morgan fingerprint density at radius 1 is 1.42 bits per heavy atom. The maximum atomic E-state index is 12.4. The van der Waals surface area contributed by atoms with Gasteiger partial charge in [0.15, 0.2) is 0 Å². The van der Waals surface area contributed by atoms with E-state index < -0.39 is 24.0 Å². The van der Waals surface area contributed by atoms with Crippen molar-refractivity contribution in [3.05, 3.63) is 28.8 Å². The first-order valence-corrected chi connectivity index (χ1v) is 6.12. The predicted octanol–water partition coefficient (Wildman–Crippen LogP) is -0.0171. The summed E-state index contributed by atoms with van der Waals surface area (Å²) in [5, 5.41) is 9.79. The minimum atomic E-state index is -0.835. The second kappa shape index (κ2) is 5.07. The molecule has 0 aromatic heterocycles. The Bertz CT molecular complexity index is 515. The normalized spacial score (nSPS) is 22.5. The first-order valence-electron chi connectivity index (χ1n) is 5.74. The minimum Gasteiger partial charge on any atom is -0.398 e. The van der Waals surface area contributed by atoms with Crippen molar-refractivity contribution in [1.29, 1.82) is 0 Å². The molecule has 2 atom stereocenters. The number of β-amino-alcohol motifs (C(OH)–C–C–N with tert-alkyl or cyclic N) is 1. The van der Waals surface area contributed by atoms with E-state index in [4.69, 9.17) is 23.1 Å². The molecule has 0 radical (unpaired) electrons. The number of primary amides is 1. The molecular formula is C12H14ClN3O3. The number of likely N-dealkylation sites (tertiary alicyclic amines) is 1. The zero-order valence-corrected chi connectivity index (χ0v) is 10.8. The summed E-state index contributed by atoms with van der Waals surface area (Å²) >= 11 is 5.96. The fourth-order valence-electron chi connectivity index (χ4n) is 2.22. The monoisotopic (exact) mass is 283 g/mol. The molecule has 1 saturated heterocycles. The molecule has 1 aromatic carbocycles. The van der Waals surface area contributed by atoms with Gasteiger partial charge in [-0.3, -0.25) is 9.59 Å².